The number of hydrogen-bond acceptors (Lipinski definition) is 2. The van der Waals surface area contributed by atoms with Crippen LogP contribution in [0, 0.1) is 6.92 Å². The van der Waals surface area contributed by atoms with Gasteiger partial charge in [0.05, 0.1) is 0 Å². The van der Waals surface area contributed by atoms with E-state index in [2.05, 4.69) is 5.32 Å². The van der Waals surface area contributed by atoms with Crippen LogP contribution in [-0.4, -0.2) is 18.6 Å². The van der Waals surface area contributed by atoms with Crippen LogP contribution in [0.25, 0.3) is 0 Å². The summed E-state index contributed by atoms with van der Waals surface area (Å²) in [4.78, 5) is 12.3. The number of benzene rings is 2. The van der Waals surface area contributed by atoms with Gasteiger partial charge in [-0.2, -0.15) is 0 Å². The monoisotopic (exact) mass is 379 g/mol. The summed E-state index contributed by atoms with van der Waals surface area (Å²) in [7, 11) is 0. The second kappa shape index (κ2) is 9.69. The molecule has 0 saturated carbocycles. The number of aryl methyl sites for hydroxylation is 2. The molecule has 3 nitrogen and oxygen atoms in total. The maximum absolute atomic E-state index is 12.3. The molecule has 0 aliphatic heterocycles. The fourth-order valence-electron chi connectivity index (χ4n) is 2.45. The van der Waals surface area contributed by atoms with Crippen molar-refractivity contribution in [3.63, 3.8) is 0 Å². The fourth-order valence-corrected chi connectivity index (χ4v) is 2.69. The minimum Gasteiger partial charge on any atom is -0.481 e. The van der Waals surface area contributed by atoms with Crippen molar-refractivity contribution in [2.24, 2.45) is 0 Å². The van der Waals surface area contributed by atoms with Gasteiger partial charge in [-0.05, 0) is 67.6 Å². The first-order valence-corrected chi connectivity index (χ1v) is 9.20. The Bertz CT molecular complexity index is 701. The zero-order valence-electron chi connectivity index (χ0n) is 14.5. The summed E-state index contributed by atoms with van der Waals surface area (Å²) in [5.74, 6) is 0.566. The Balaban J connectivity index is 1.79. The fraction of sp³-hybridized carbons (Fsp3) is 0.350. The summed E-state index contributed by atoms with van der Waals surface area (Å²) in [5, 5.41) is 4.37. The molecular weight excluding hydrogens is 357 g/mol. The maximum atomic E-state index is 12.3. The Morgan fingerprint density at radius 1 is 1.16 bits per heavy atom. The minimum atomic E-state index is -0.504. The molecule has 25 heavy (non-hydrogen) atoms. The van der Waals surface area contributed by atoms with Crippen molar-refractivity contribution in [3.8, 4) is 5.75 Å². The van der Waals surface area contributed by atoms with E-state index in [0.717, 1.165) is 23.4 Å². The van der Waals surface area contributed by atoms with Crippen LogP contribution in [0.15, 0.2) is 42.5 Å². The van der Waals surface area contributed by atoms with Crippen LogP contribution in [0.1, 0.15) is 30.9 Å². The molecule has 0 aliphatic rings. The van der Waals surface area contributed by atoms with Gasteiger partial charge in [-0.3, -0.25) is 4.79 Å². The smallest absolute Gasteiger partial charge is 0.261 e. The van der Waals surface area contributed by atoms with Gasteiger partial charge in [-0.15, -0.1) is 0 Å². The number of rotatable bonds is 8. The second-order valence-corrected chi connectivity index (χ2v) is 6.79. The van der Waals surface area contributed by atoms with Gasteiger partial charge in [-0.25, -0.2) is 0 Å². The van der Waals surface area contributed by atoms with E-state index in [4.69, 9.17) is 27.9 Å². The van der Waals surface area contributed by atoms with Gasteiger partial charge < -0.3 is 10.1 Å². The van der Waals surface area contributed by atoms with E-state index in [9.17, 15) is 4.79 Å². The van der Waals surface area contributed by atoms with Crippen LogP contribution in [0.5, 0.6) is 5.75 Å². The third-order valence-corrected chi connectivity index (χ3v) is 4.60. The first-order valence-electron chi connectivity index (χ1n) is 8.44. The van der Waals surface area contributed by atoms with Gasteiger partial charge in [0.15, 0.2) is 6.10 Å². The van der Waals surface area contributed by atoms with Gasteiger partial charge in [0.1, 0.15) is 5.75 Å². The molecule has 1 atom stereocenters. The van der Waals surface area contributed by atoms with Crippen molar-refractivity contribution in [1.82, 2.24) is 5.32 Å². The van der Waals surface area contributed by atoms with Gasteiger partial charge in [0, 0.05) is 16.6 Å². The molecule has 0 saturated heterocycles. The van der Waals surface area contributed by atoms with E-state index in [-0.39, 0.29) is 5.91 Å². The molecular formula is C20H23Cl2NO2. The van der Waals surface area contributed by atoms with Crippen LogP contribution in [0.4, 0.5) is 0 Å². The van der Waals surface area contributed by atoms with Crippen molar-refractivity contribution in [3.05, 3.63) is 63.6 Å². The topological polar surface area (TPSA) is 38.3 Å². The number of halogens is 2. The highest BCUT2D eigenvalue weighted by molar-refractivity contribution is 6.31. The average Bonchev–Trinajstić information content (AvgIpc) is 2.61. The molecule has 134 valence electrons. The zero-order valence-corrected chi connectivity index (χ0v) is 16.0. The van der Waals surface area contributed by atoms with E-state index in [1.54, 1.807) is 12.1 Å². The van der Waals surface area contributed by atoms with Crippen molar-refractivity contribution in [1.29, 1.82) is 0 Å². The van der Waals surface area contributed by atoms with Crippen molar-refractivity contribution in [2.45, 2.75) is 39.2 Å². The maximum Gasteiger partial charge on any atom is 0.261 e. The molecule has 2 rings (SSSR count). The summed E-state index contributed by atoms with van der Waals surface area (Å²) in [6.07, 6.45) is 1.86. The summed E-state index contributed by atoms with van der Waals surface area (Å²) >= 11 is 11.9. The first-order chi connectivity index (χ1) is 12.0. The number of hydrogen-bond donors (Lipinski definition) is 1. The number of carbonyl (C=O) groups excluding carboxylic acids is 1. The normalized spacial score (nSPS) is 11.8. The van der Waals surface area contributed by atoms with Crippen molar-refractivity contribution in [2.75, 3.05) is 6.54 Å². The molecule has 0 aromatic heterocycles. The standard InChI is InChI=1S/C20H23Cl2NO2/c1-3-19(25-17-10-11-18(22)14(2)13-17)20(24)23-12-4-5-15-6-8-16(21)9-7-15/h6-11,13,19H,3-5,12H2,1-2H3,(H,23,24). The Kier molecular flexibility index (Phi) is 7.60. The van der Waals surface area contributed by atoms with Gasteiger partial charge in [0.25, 0.3) is 5.91 Å². The highest BCUT2D eigenvalue weighted by atomic mass is 35.5. The summed E-state index contributed by atoms with van der Waals surface area (Å²) in [5.41, 5.74) is 2.14. The van der Waals surface area contributed by atoms with Crippen LogP contribution < -0.4 is 10.1 Å². The van der Waals surface area contributed by atoms with E-state index >= 15 is 0 Å². The Morgan fingerprint density at radius 2 is 1.88 bits per heavy atom. The van der Waals surface area contributed by atoms with E-state index in [0.29, 0.717) is 23.7 Å². The largest absolute Gasteiger partial charge is 0.481 e. The van der Waals surface area contributed by atoms with E-state index in [1.165, 1.54) is 5.56 Å². The number of carbonyl (C=O) groups is 1. The van der Waals surface area contributed by atoms with Crippen molar-refractivity contribution < 1.29 is 9.53 Å². The zero-order chi connectivity index (χ0) is 18.2. The molecule has 0 radical (unpaired) electrons. The Labute approximate surface area is 159 Å². The molecule has 2 aromatic carbocycles. The predicted molar refractivity (Wildman–Crippen MR) is 104 cm³/mol. The third-order valence-electron chi connectivity index (χ3n) is 3.93. The summed E-state index contributed by atoms with van der Waals surface area (Å²) in [6, 6.07) is 13.2. The Morgan fingerprint density at radius 3 is 2.52 bits per heavy atom. The lowest BCUT2D eigenvalue weighted by Gasteiger charge is -2.18. The van der Waals surface area contributed by atoms with Crippen LogP contribution in [0.3, 0.4) is 0 Å². The van der Waals surface area contributed by atoms with Crippen LogP contribution in [-0.2, 0) is 11.2 Å². The SMILES string of the molecule is CCC(Oc1ccc(Cl)c(C)c1)C(=O)NCCCc1ccc(Cl)cc1. The van der Waals surface area contributed by atoms with Gasteiger partial charge >= 0.3 is 0 Å². The lowest BCUT2D eigenvalue weighted by molar-refractivity contribution is -0.128. The number of ether oxygens (including phenoxy) is 1. The number of amides is 1. The molecule has 0 bridgehead atoms. The summed E-state index contributed by atoms with van der Waals surface area (Å²) in [6.45, 7) is 4.45. The highest BCUT2D eigenvalue weighted by Crippen LogP contribution is 2.22. The molecule has 0 aliphatic carbocycles. The molecule has 2 aromatic rings. The summed E-state index contributed by atoms with van der Waals surface area (Å²) < 4.78 is 5.80. The molecule has 1 amide bonds. The lowest BCUT2D eigenvalue weighted by Crippen LogP contribution is -2.38. The quantitative estimate of drug-likeness (QED) is 0.639. The Hall–Kier alpha value is -1.71. The van der Waals surface area contributed by atoms with Crippen molar-refractivity contribution >= 4 is 29.1 Å². The lowest BCUT2D eigenvalue weighted by atomic mass is 10.1. The molecule has 0 heterocycles. The number of nitrogens with one attached hydrogen (secondary N) is 1. The minimum absolute atomic E-state index is 0.0915. The van der Waals surface area contributed by atoms with Gasteiger partial charge in [-0.1, -0.05) is 42.3 Å². The molecule has 1 unspecified atom stereocenters. The molecule has 5 heteroatoms. The third kappa shape index (κ3) is 6.26. The predicted octanol–water partition coefficient (Wildman–Crippen LogP) is 5.21. The second-order valence-electron chi connectivity index (χ2n) is 5.95. The molecule has 0 spiro atoms. The van der Waals surface area contributed by atoms with E-state index in [1.807, 2.05) is 44.2 Å². The average molecular weight is 380 g/mol. The first kappa shape index (κ1) is 19.6. The van der Waals surface area contributed by atoms with Crippen LogP contribution in [0.2, 0.25) is 10.0 Å². The highest BCUT2D eigenvalue weighted by Gasteiger charge is 2.18. The van der Waals surface area contributed by atoms with Gasteiger partial charge in [0.2, 0.25) is 0 Å². The van der Waals surface area contributed by atoms with E-state index < -0.39 is 6.10 Å². The van der Waals surface area contributed by atoms with Crippen LogP contribution >= 0.6 is 23.2 Å². The molecule has 0 fully saturated rings. The molecule has 1 N–H and O–H groups in total.